The van der Waals surface area contributed by atoms with Crippen molar-refractivity contribution >= 4 is 17.4 Å². The van der Waals surface area contributed by atoms with Gasteiger partial charge in [-0.2, -0.15) is 13.2 Å². The third-order valence-electron chi connectivity index (χ3n) is 3.06. The predicted molar refractivity (Wildman–Crippen MR) is 66.3 cm³/mol. The Labute approximate surface area is 114 Å². The van der Waals surface area contributed by atoms with Crippen molar-refractivity contribution in [3.63, 3.8) is 0 Å². The zero-order chi connectivity index (χ0) is 14.0. The van der Waals surface area contributed by atoms with Gasteiger partial charge >= 0.3 is 6.18 Å². The summed E-state index contributed by atoms with van der Waals surface area (Å²) in [5.74, 6) is 0.248. The number of ether oxygens (including phenoxy) is 1. The van der Waals surface area contributed by atoms with Crippen LogP contribution in [0.3, 0.4) is 0 Å². The van der Waals surface area contributed by atoms with Crippen LogP contribution < -0.4 is 5.32 Å². The number of nitrogens with one attached hydrogen (secondary N) is 1. The van der Waals surface area contributed by atoms with E-state index in [1.807, 2.05) is 6.92 Å². The predicted octanol–water partition coefficient (Wildman–Crippen LogP) is 3.73. The molecule has 1 fully saturated rings. The highest BCUT2D eigenvalue weighted by Gasteiger charge is 2.32. The summed E-state index contributed by atoms with van der Waals surface area (Å²) >= 11 is 5.82. The number of alkyl halides is 3. The Morgan fingerprint density at radius 1 is 1.53 bits per heavy atom. The Morgan fingerprint density at radius 2 is 2.26 bits per heavy atom. The standard InChI is InChI=1S/C12H14ClF3N2O/c1-7(10-3-2-4-19-10)18-11-9(13)5-8(6-17-11)12(14,15)16/h5-7,10H,2-4H2,1H3,(H,17,18)/t7-,10+/m0/s1. The lowest BCUT2D eigenvalue weighted by molar-refractivity contribution is -0.137. The lowest BCUT2D eigenvalue weighted by atomic mass is 10.1. The Balaban J connectivity index is 2.08. The van der Waals surface area contributed by atoms with Gasteiger partial charge in [0.05, 0.1) is 22.7 Å². The summed E-state index contributed by atoms with van der Waals surface area (Å²) in [5, 5.41) is 2.95. The maximum Gasteiger partial charge on any atom is 0.417 e. The van der Waals surface area contributed by atoms with E-state index in [4.69, 9.17) is 16.3 Å². The molecule has 1 aliphatic rings. The molecule has 1 aromatic heterocycles. The SMILES string of the molecule is C[C@H](Nc1ncc(C(F)(F)F)cc1Cl)[C@H]1CCCO1. The fourth-order valence-corrected chi connectivity index (χ4v) is 2.23. The van der Waals surface area contributed by atoms with E-state index in [9.17, 15) is 13.2 Å². The second kappa shape index (κ2) is 5.54. The fourth-order valence-electron chi connectivity index (χ4n) is 2.00. The van der Waals surface area contributed by atoms with Crippen LogP contribution >= 0.6 is 11.6 Å². The van der Waals surface area contributed by atoms with Crippen LogP contribution in [0.25, 0.3) is 0 Å². The van der Waals surface area contributed by atoms with Crippen molar-refractivity contribution in [1.29, 1.82) is 0 Å². The number of rotatable bonds is 3. The van der Waals surface area contributed by atoms with E-state index < -0.39 is 11.7 Å². The van der Waals surface area contributed by atoms with Gasteiger partial charge in [0.15, 0.2) is 0 Å². The maximum absolute atomic E-state index is 12.5. The molecule has 19 heavy (non-hydrogen) atoms. The Hall–Kier alpha value is -1.01. The minimum Gasteiger partial charge on any atom is -0.376 e. The Bertz CT molecular complexity index is 447. The van der Waals surface area contributed by atoms with Crippen molar-refractivity contribution in [2.45, 2.75) is 38.1 Å². The Kier molecular flexibility index (Phi) is 4.20. The molecule has 7 heteroatoms. The van der Waals surface area contributed by atoms with Crippen LogP contribution in [0.4, 0.5) is 19.0 Å². The molecule has 0 radical (unpaired) electrons. The minimum absolute atomic E-state index is 0.0418. The number of nitrogens with zero attached hydrogens (tertiary/aromatic N) is 1. The van der Waals surface area contributed by atoms with Crippen molar-refractivity contribution in [3.8, 4) is 0 Å². The molecule has 0 amide bonds. The summed E-state index contributed by atoms with van der Waals surface area (Å²) < 4.78 is 42.9. The summed E-state index contributed by atoms with van der Waals surface area (Å²) in [7, 11) is 0. The molecule has 0 spiro atoms. The number of hydrogen-bond acceptors (Lipinski definition) is 3. The van der Waals surface area contributed by atoms with Crippen LogP contribution in [0.1, 0.15) is 25.3 Å². The Morgan fingerprint density at radius 3 is 2.79 bits per heavy atom. The molecule has 1 N–H and O–H groups in total. The zero-order valence-corrected chi connectivity index (χ0v) is 11.1. The molecule has 2 heterocycles. The molecule has 2 atom stereocenters. The number of anilines is 1. The third-order valence-corrected chi connectivity index (χ3v) is 3.34. The van der Waals surface area contributed by atoms with Gasteiger partial charge in [-0.15, -0.1) is 0 Å². The van der Waals surface area contributed by atoms with Crippen molar-refractivity contribution in [2.75, 3.05) is 11.9 Å². The van der Waals surface area contributed by atoms with Gasteiger partial charge in [0.25, 0.3) is 0 Å². The summed E-state index contributed by atoms with van der Waals surface area (Å²) in [6.07, 6.45) is -1.71. The van der Waals surface area contributed by atoms with E-state index in [-0.39, 0.29) is 23.0 Å². The van der Waals surface area contributed by atoms with Crippen LogP contribution in [0.2, 0.25) is 5.02 Å². The van der Waals surface area contributed by atoms with Gasteiger partial charge in [0, 0.05) is 12.8 Å². The van der Waals surface area contributed by atoms with E-state index in [0.717, 1.165) is 25.1 Å². The summed E-state index contributed by atoms with van der Waals surface area (Å²) in [4.78, 5) is 3.74. The second-order valence-corrected chi connectivity index (χ2v) is 4.94. The first kappa shape index (κ1) is 14.4. The average molecular weight is 295 g/mol. The molecule has 0 aliphatic carbocycles. The van der Waals surface area contributed by atoms with Crippen molar-refractivity contribution < 1.29 is 17.9 Å². The first-order chi connectivity index (χ1) is 8.88. The molecular weight excluding hydrogens is 281 g/mol. The molecule has 1 saturated heterocycles. The lowest BCUT2D eigenvalue weighted by Gasteiger charge is -2.21. The van der Waals surface area contributed by atoms with E-state index in [2.05, 4.69) is 10.3 Å². The molecule has 106 valence electrons. The first-order valence-electron chi connectivity index (χ1n) is 5.99. The molecule has 1 aliphatic heterocycles. The van der Waals surface area contributed by atoms with Gasteiger partial charge in [-0.1, -0.05) is 11.6 Å². The second-order valence-electron chi connectivity index (χ2n) is 4.54. The molecule has 3 nitrogen and oxygen atoms in total. The van der Waals surface area contributed by atoms with Gasteiger partial charge in [-0.3, -0.25) is 0 Å². The van der Waals surface area contributed by atoms with Gasteiger partial charge in [-0.25, -0.2) is 4.98 Å². The maximum atomic E-state index is 12.5. The largest absolute Gasteiger partial charge is 0.417 e. The summed E-state index contributed by atoms with van der Waals surface area (Å²) in [6.45, 7) is 2.61. The molecule has 0 bridgehead atoms. The van der Waals surface area contributed by atoms with Crippen molar-refractivity contribution in [2.24, 2.45) is 0 Å². The lowest BCUT2D eigenvalue weighted by Crippen LogP contribution is -2.30. The highest BCUT2D eigenvalue weighted by molar-refractivity contribution is 6.33. The number of aromatic nitrogens is 1. The van der Waals surface area contributed by atoms with Gasteiger partial charge in [0.2, 0.25) is 0 Å². The monoisotopic (exact) mass is 294 g/mol. The molecule has 0 aromatic carbocycles. The highest BCUT2D eigenvalue weighted by atomic mass is 35.5. The normalized spacial score (nSPS) is 21.4. The molecule has 0 unspecified atom stereocenters. The zero-order valence-electron chi connectivity index (χ0n) is 10.3. The van der Waals surface area contributed by atoms with Crippen LogP contribution in [0.5, 0.6) is 0 Å². The highest BCUT2D eigenvalue weighted by Crippen LogP contribution is 2.32. The molecular formula is C12H14ClF3N2O. The van der Waals surface area contributed by atoms with E-state index in [1.54, 1.807) is 0 Å². The fraction of sp³-hybridized carbons (Fsp3) is 0.583. The molecule has 0 saturated carbocycles. The van der Waals surface area contributed by atoms with Crippen molar-refractivity contribution in [1.82, 2.24) is 4.98 Å². The van der Waals surface area contributed by atoms with E-state index in [1.165, 1.54) is 0 Å². The number of pyridine rings is 1. The molecule has 1 aromatic rings. The van der Waals surface area contributed by atoms with Crippen molar-refractivity contribution in [3.05, 3.63) is 22.8 Å². The van der Waals surface area contributed by atoms with Crippen LogP contribution in [-0.4, -0.2) is 23.7 Å². The number of hydrogen-bond donors (Lipinski definition) is 1. The first-order valence-corrected chi connectivity index (χ1v) is 6.36. The summed E-state index contributed by atoms with van der Waals surface area (Å²) in [5.41, 5.74) is -0.854. The van der Waals surface area contributed by atoms with Gasteiger partial charge < -0.3 is 10.1 Å². The molecule has 2 rings (SSSR count). The topological polar surface area (TPSA) is 34.2 Å². The van der Waals surface area contributed by atoms with Gasteiger partial charge in [-0.05, 0) is 25.8 Å². The number of halogens is 4. The van der Waals surface area contributed by atoms with Gasteiger partial charge in [0.1, 0.15) is 5.82 Å². The smallest absolute Gasteiger partial charge is 0.376 e. The van der Waals surface area contributed by atoms with Crippen LogP contribution in [-0.2, 0) is 10.9 Å². The quantitative estimate of drug-likeness (QED) is 0.922. The van der Waals surface area contributed by atoms with Crippen LogP contribution in [0.15, 0.2) is 12.3 Å². The van der Waals surface area contributed by atoms with E-state index in [0.29, 0.717) is 6.61 Å². The van der Waals surface area contributed by atoms with Crippen LogP contribution in [0, 0.1) is 0 Å². The third kappa shape index (κ3) is 3.51. The summed E-state index contributed by atoms with van der Waals surface area (Å²) in [6, 6.07) is 0.822. The van der Waals surface area contributed by atoms with E-state index >= 15 is 0 Å². The minimum atomic E-state index is -4.44. The average Bonchev–Trinajstić information content (AvgIpc) is 2.84.